The summed E-state index contributed by atoms with van der Waals surface area (Å²) in [4.78, 5) is 29.4. The summed E-state index contributed by atoms with van der Waals surface area (Å²) in [6.07, 6.45) is 11.9. The second-order valence-corrected chi connectivity index (χ2v) is 15.5. The van der Waals surface area contributed by atoms with E-state index in [1.54, 1.807) is 10.6 Å². The molecular weight excluding hydrogens is 562 g/mol. The van der Waals surface area contributed by atoms with Gasteiger partial charge in [0, 0.05) is 43.7 Å². The molecular formula is C32H43N7O3S. The summed E-state index contributed by atoms with van der Waals surface area (Å²) in [5.74, 6) is 1.66. The molecule has 2 fully saturated rings. The lowest BCUT2D eigenvalue weighted by atomic mass is 9.87. The summed E-state index contributed by atoms with van der Waals surface area (Å²) in [5.41, 5.74) is 4.14. The molecule has 0 aliphatic heterocycles. The fraction of sp³-hybridized carbons (Fsp3) is 0.562. The largest absolute Gasteiger partial charge is 0.367 e. The minimum absolute atomic E-state index is 0.0584. The van der Waals surface area contributed by atoms with E-state index in [1.807, 2.05) is 12.3 Å². The first-order valence-corrected chi connectivity index (χ1v) is 17.3. The van der Waals surface area contributed by atoms with Crippen molar-refractivity contribution in [3.05, 3.63) is 48.2 Å². The topological polar surface area (TPSA) is 126 Å². The smallest absolute Gasteiger partial charge is 0.211 e. The molecule has 2 aliphatic rings. The number of unbranched alkanes of at least 4 members (excludes halogenated alkanes) is 1. The lowest BCUT2D eigenvalue weighted by Gasteiger charge is -2.23. The molecule has 0 amide bonds. The quantitative estimate of drug-likeness (QED) is 0.167. The Balaban J connectivity index is 1.08. The molecule has 3 heterocycles. The Morgan fingerprint density at radius 2 is 1.95 bits per heavy atom. The van der Waals surface area contributed by atoms with Gasteiger partial charge in [-0.15, -0.1) is 0 Å². The number of aromatic nitrogens is 5. The zero-order chi connectivity index (χ0) is 30.4. The van der Waals surface area contributed by atoms with Crippen LogP contribution in [0.1, 0.15) is 76.7 Å². The van der Waals surface area contributed by atoms with Crippen molar-refractivity contribution in [2.24, 2.45) is 11.8 Å². The van der Waals surface area contributed by atoms with Crippen molar-refractivity contribution in [1.29, 1.82) is 0 Å². The molecule has 0 spiro atoms. The molecule has 3 atom stereocenters. The van der Waals surface area contributed by atoms with Crippen molar-refractivity contribution in [2.75, 3.05) is 24.7 Å². The molecule has 4 aromatic rings. The summed E-state index contributed by atoms with van der Waals surface area (Å²) in [7, 11) is -3.39. The van der Waals surface area contributed by atoms with Gasteiger partial charge in [0.2, 0.25) is 10.0 Å². The SMILES string of the molecule is CC(C)(C)c1ccc2nc(CCCCN(CC3CC(C=O)C(n4ccc5c(NC6CC6)ncnc54)C3)S(C)(=O)=O)[nH]c2c1. The maximum atomic E-state index is 12.8. The first-order valence-electron chi connectivity index (χ1n) is 15.5. The van der Waals surface area contributed by atoms with Crippen LogP contribution >= 0.6 is 0 Å². The van der Waals surface area contributed by atoms with E-state index in [2.05, 4.69) is 63.8 Å². The Kier molecular flexibility index (Phi) is 8.06. The predicted molar refractivity (Wildman–Crippen MR) is 170 cm³/mol. The summed E-state index contributed by atoms with van der Waals surface area (Å²) in [6, 6.07) is 8.81. The Morgan fingerprint density at radius 1 is 1.14 bits per heavy atom. The maximum absolute atomic E-state index is 12.8. The fourth-order valence-corrected chi connectivity index (χ4v) is 7.40. The molecule has 2 N–H and O–H groups in total. The highest BCUT2D eigenvalue weighted by Crippen LogP contribution is 2.41. The number of aromatic amines is 1. The number of carbonyl (C=O) groups excluding carboxylic acids is 1. The van der Waals surface area contributed by atoms with Crippen molar-refractivity contribution >= 4 is 44.2 Å². The first kappa shape index (κ1) is 29.7. The van der Waals surface area contributed by atoms with Gasteiger partial charge in [0.15, 0.2) is 0 Å². The normalized spacial score (nSPS) is 21.3. The summed E-state index contributed by atoms with van der Waals surface area (Å²) in [6.45, 7) is 7.47. The number of rotatable bonds is 12. The molecule has 6 rings (SSSR count). The molecule has 0 bridgehead atoms. The number of nitrogens with zero attached hydrogens (tertiary/aromatic N) is 5. The molecule has 10 nitrogen and oxygen atoms in total. The van der Waals surface area contributed by atoms with Crippen molar-refractivity contribution in [3.63, 3.8) is 0 Å². The van der Waals surface area contributed by atoms with Crippen LogP contribution in [0.3, 0.4) is 0 Å². The Morgan fingerprint density at radius 3 is 2.67 bits per heavy atom. The van der Waals surface area contributed by atoms with Crippen LogP contribution in [0, 0.1) is 11.8 Å². The van der Waals surface area contributed by atoms with Gasteiger partial charge in [0.05, 0.1) is 22.7 Å². The van der Waals surface area contributed by atoms with Crippen LogP contribution in [0.15, 0.2) is 36.8 Å². The van der Waals surface area contributed by atoms with Gasteiger partial charge < -0.3 is 19.7 Å². The highest BCUT2D eigenvalue weighted by molar-refractivity contribution is 7.88. The molecule has 2 aliphatic carbocycles. The lowest BCUT2D eigenvalue weighted by Crippen LogP contribution is -2.35. The summed E-state index contributed by atoms with van der Waals surface area (Å²) in [5, 5.41) is 4.43. The van der Waals surface area contributed by atoms with E-state index in [0.29, 0.717) is 25.6 Å². The van der Waals surface area contributed by atoms with E-state index in [0.717, 1.165) is 78.5 Å². The van der Waals surface area contributed by atoms with Crippen LogP contribution in [0.2, 0.25) is 0 Å². The summed E-state index contributed by atoms with van der Waals surface area (Å²) >= 11 is 0. The number of fused-ring (bicyclic) bond motifs is 2. The van der Waals surface area contributed by atoms with E-state index in [-0.39, 0.29) is 23.3 Å². The number of carbonyl (C=O) groups is 1. The Labute approximate surface area is 253 Å². The minimum Gasteiger partial charge on any atom is -0.367 e. The van der Waals surface area contributed by atoms with Crippen LogP contribution in [0.5, 0.6) is 0 Å². The number of hydrogen-bond acceptors (Lipinski definition) is 7. The van der Waals surface area contributed by atoms with Gasteiger partial charge in [-0.2, -0.15) is 0 Å². The number of anilines is 1. The van der Waals surface area contributed by atoms with E-state index in [1.165, 1.54) is 11.8 Å². The van der Waals surface area contributed by atoms with Gasteiger partial charge in [-0.25, -0.2) is 27.7 Å². The van der Waals surface area contributed by atoms with Crippen molar-refractivity contribution in [1.82, 2.24) is 28.8 Å². The third-order valence-electron chi connectivity index (χ3n) is 9.03. The number of sulfonamides is 1. The third-order valence-corrected chi connectivity index (χ3v) is 10.3. The van der Waals surface area contributed by atoms with E-state index >= 15 is 0 Å². The Bertz CT molecular complexity index is 1720. The minimum atomic E-state index is -3.39. The van der Waals surface area contributed by atoms with Gasteiger partial charge in [-0.1, -0.05) is 26.8 Å². The number of hydrogen-bond donors (Lipinski definition) is 2. The Hall–Kier alpha value is -3.31. The summed E-state index contributed by atoms with van der Waals surface area (Å²) < 4.78 is 29.3. The number of H-pyrrole nitrogens is 1. The van der Waals surface area contributed by atoms with Gasteiger partial charge >= 0.3 is 0 Å². The fourth-order valence-electron chi connectivity index (χ4n) is 6.45. The molecule has 3 aromatic heterocycles. The van der Waals surface area contributed by atoms with Crippen LogP contribution < -0.4 is 5.32 Å². The highest BCUT2D eigenvalue weighted by Gasteiger charge is 2.38. The molecule has 0 radical (unpaired) electrons. The molecule has 1 aromatic carbocycles. The number of aldehydes is 1. The molecule has 43 heavy (non-hydrogen) atoms. The van der Waals surface area contributed by atoms with Crippen LogP contribution in [-0.4, -0.2) is 68.9 Å². The monoisotopic (exact) mass is 605 g/mol. The van der Waals surface area contributed by atoms with Gasteiger partial charge in [0.25, 0.3) is 0 Å². The van der Waals surface area contributed by atoms with Crippen LogP contribution in [0.25, 0.3) is 22.1 Å². The third kappa shape index (κ3) is 6.62. The number of aryl methyl sites for hydroxylation is 1. The average molecular weight is 606 g/mol. The number of benzene rings is 1. The van der Waals surface area contributed by atoms with Crippen LogP contribution in [0.4, 0.5) is 5.82 Å². The van der Waals surface area contributed by atoms with E-state index < -0.39 is 10.0 Å². The van der Waals surface area contributed by atoms with Crippen molar-refractivity contribution in [3.8, 4) is 0 Å². The first-order chi connectivity index (χ1) is 20.5. The maximum Gasteiger partial charge on any atom is 0.211 e. The van der Waals surface area contributed by atoms with Crippen molar-refractivity contribution in [2.45, 2.75) is 83.2 Å². The van der Waals surface area contributed by atoms with Gasteiger partial charge in [-0.05, 0) is 73.6 Å². The molecule has 2 saturated carbocycles. The standard InChI is InChI=1S/C32H43N7O3S/c1-32(2,3)23-8-11-26-27(17-23)37-29(36-26)7-5-6-13-38(43(4,41)42)18-21-15-22(19-40)28(16-21)39-14-12-25-30(35-24-9-10-24)33-20-34-31(25)39/h8,11-12,14,17,19-22,24,28H,5-7,9-10,13,15-16,18H2,1-4H3,(H,36,37)(H,33,34,35). The zero-order valence-corrected chi connectivity index (χ0v) is 26.4. The van der Waals surface area contributed by atoms with E-state index in [4.69, 9.17) is 4.98 Å². The molecule has 230 valence electrons. The number of imidazole rings is 1. The molecule has 0 saturated heterocycles. The lowest BCUT2D eigenvalue weighted by molar-refractivity contribution is -0.111. The second-order valence-electron chi connectivity index (χ2n) is 13.5. The van der Waals surface area contributed by atoms with Crippen molar-refractivity contribution < 1.29 is 13.2 Å². The van der Waals surface area contributed by atoms with E-state index in [9.17, 15) is 13.2 Å². The zero-order valence-electron chi connectivity index (χ0n) is 25.6. The second kappa shape index (κ2) is 11.6. The molecule has 3 unspecified atom stereocenters. The van der Waals surface area contributed by atoms with Gasteiger partial charge in [-0.3, -0.25) is 0 Å². The highest BCUT2D eigenvalue weighted by atomic mass is 32.2. The molecule has 11 heteroatoms. The van der Waals surface area contributed by atoms with Gasteiger partial charge in [0.1, 0.15) is 29.9 Å². The number of nitrogens with one attached hydrogen (secondary N) is 2. The van der Waals surface area contributed by atoms with Crippen LogP contribution in [-0.2, 0) is 26.7 Å². The predicted octanol–water partition coefficient (Wildman–Crippen LogP) is 5.23. The average Bonchev–Trinajstić information content (AvgIpc) is 3.33.